The van der Waals surface area contributed by atoms with Crippen molar-refractivity contribution < 1.29 is 33.3 Å². The first-order chi connectivity index (χ1) is 22.4. The van der Waals surface area contributed by atoms with Gasteiger partial charge in [0.15, 0.2) is 5.95 Å². The fourth-order valence-electron chi connectivity index (χ4n) is 5.55. The molecule has 0 saturated heterocycles. The number of pyridine rings is 1. The topological polar surface area (TPSA) is 137 Å². The standard InChI is InChI=1S/C35H26N4O6S/c1-42-21-13-11-20(12-14-21)39-31(35(41)45-38-39)32(40)33-30(36)29-26(25-16-15-22(43-2)17-28(25)44-3)18-27(37-34(29)46-33)24-10-6-8-19-7-4-5-9-23(19)24/h4-18H,1-3H3,(H2-,36,38,40,41). The minimum atomic E-state index is -0.890. The van der Waals surface area contributed by atoms with Gasteiger partial charge < -0.3 is 29.6 Å². The van der Waals surface area contributed by atoms with E-state index in [-0.39, 0.29) is 16.3 Å². The highest BCUT2D eigenvalue weighted by Crippen LogP contribution is 2.45. The molecule has 0 fully saturated rings. The molecule has 0 aliphatic carbocycles. The molecule has 4 aromatic carbocycles. The van der Waals surface area contributed by atoms with Crippen LogP contribution in [0.15, 0.2) is 95.5 Å². The first-order valence-electron chi connectivity index (χ1n) is 14.1. The lowest BCUT2D eigenvalue weighted by Crippen LogP contribution is -2.39. The summed E-state index contributed by atoms with van der Waals surface area (Å²) < 4.78 is 22.6. The molecule has 0 unspecified atom stereocenters. The number of nitrogens with zero attached hydrogens (tertiary/aromatic N) is 3. The van der Waals surface area contributed by atoms with Gasteiger partial charge in [-0.2, -0.15) is 0 Å². The highest BCUT2D eigenvalue weighted by Gasteiger charge is 2.33. The number of fused-ring (bicyclic) bond motifs is 2. The summed E-state index contributed by atoms with van der Waals surface area (Å²) in [6.45, 7) is 0. The van der Waals surface area contributed by atoms with Crippen LogP contribution >= 0.6 is 11.3 Å². The highest BCUT2D eigenvalue weighted by molar-refractivity contribution is 7.21. The van der Waals surface area contributed by atoms with Crippen molar-refractivity contribution in [1.29, 1.82) is 0 Å². The molecule has 7 aromatic rings. The van der Waals surface area contributed by atoms with Crippen LogP contribution in [0.3, 0.4) is 0 Å². The number of anilines is 1. The number of ether oxygens (including phenoxy) is 3. The molecule has 0 amide bonds. The minimum Gasteiger partial charge on any atom is -0.539 e. The summed E-state index contributed by atoms with van der Waals surface area (Å²) in [6, 6.07) is 28.2. The zero-order chi connectivity index (χ0) is 31.9. The number of benzene rings is 4. The number of carbonyl (C=O) groups excluding carboxylic acids is 1. The first-order valence-corrected chi connectivity index (χ1v) is 14.9. The molecule has 7 rings (SSSR count). The number of aromatic nitrogens is 3. The molecule has 11 heteroatoms. The van der Waals surface area contributed by atoms with Gasteiger partial charge in [-0.05, 0) is 51.3 Å². The second-order valence-corrected chi connectivity index (χ2v) is 11.3. The Morgan fingerprint density at radius 3 is 2.35 bits per heavy atom. The zero-order valence-corrected chi connectivity index (χ0v) is 25.8. The minimum absolute atomic E-state index is 0.133. The van der Waals surface area contributed by atoms with E-state index >= 15 is 0 Å². The number of hydrogen-bond acceptors (Lipinski definition) is 10. The average molecular weight is 631 g/mol. The molecule has 0 spiro atoms. The number of rotatable bonds is 8. The number of ketones is 1. The van der Waals surface area contributed by atoms with Crippen LogP contribution in [0.2, 0.25) is 0 Å². The molecule has 3 heterocycles. The Balaban J connectivity index is 1.46. The molecule has 0 atom stereocenters. The number of hydrogen-bond donors (Lipinski definition) is 1. The van der Waals surface area contributed by atoms with Crippen molar-refractivity contribution in [2.75, 3.05) is 27.1 Å². The van der Waals surface area contributed by atoms with Crippen molar-refractivity contribution in [3.63, 3.8) is 0 Å². The van der Waals surface area contributed by atoms with E-state index in [4.69, 9.17) is 29.5 Å². The zero-order valence-electron chi connectivity index (χ0n) is 24.9. The molecular formula is C35H26N4O6S. The summed E-state index contributed by atoms with van der Waals surface area (Å²) in [5.41, 5.74) is 10.1. The van der Waals surface area contributed by atoms with Crippen LogP contribution in [-0.2, 0) is 0 Å². The number of methoxy groups -OCH3 is 3. The summed E-state index contributed by atoms with van der Waals surface area (Å²) >= 11 is 1.10. The lowest BCUT2D eigenvalue weighted by atomic mass is 9.96. The van der Waals surface area contributed by atoms with Gasteiger partial charge in [0, 0.05) is 34.7 Å². The second-order valence-electron chi connectivity index (χ2n) is 10.3. The second kappa shape index (κ2) is 11.5. The summed E-state index contributed by atoms with van der Waals surface area (Å²) in [5, 5.41) is 19.4. The maximum atomic E-state index is 14.1. The Morgan fingerprint density at radius 1 is 0.848 bits per heavy atom. The number of carbonyl (C=O) groups is 1. The van der Waals surface area contributed by atoms with Gasteiger partial charge in [-0.15, -0.1) is 11.3 Å². The van der Waals surface area contributed by atoms with E-state index in [1.807, 2.05) is 60.7 Å². The maximum absolute atomic E-state index is 14.1. The molecule has 228 valence electrons. The van der Waals surface area contributed by atoms with Crippen LogP contribution in [-0.4, -0.2) is 37.4 Å². The third-order valence-corrected chi connectivity index (χ3v) is 8.91. The van der Waals surface area contributed by atoms with Gasteiger partial charge in [0.2, 0.25) is 5.69 Å². The van der Waals surface area contributed by atoms with Crippen LogP contribution in [0.5, 0.6) is 23.2 Å². The summed E-state index contributed by atoms with van der Waals surface area (Å²) in [5.74, 6) is 0.243. The molecule has 10 nitrogen and oxygen atoms in total. The predicted molar refractivity (Wildman–Crippen MR) is 173 cm³/mol. The van der Waals surface area contributed by atoms with Crippen molar-refractivity contribution in [2.24, 2.45) is 0 Å². The van der Waals surface area contributed by atoms with Crippen LogP contribution in [0, 0.1) is 0 Å². The van der Waals surface area contributed by atoms with Crippen molar-refractivity contribution in [3.05, 3.63) is 102 Å². The fraction of sp³-hybridized carbons (Fsp3) is 0.0857. The van der Waals surface area contributed by atoms with Crippen LogP contribution in [0.4, 0.5) is 5.69 Å². The SMILES string of the molecule is COc1ccc(-[n+]2noc([O-])c2C(=O)c2sc3nc(-c4cccc5ccccc45)cc(-c4ccc(OC)cc4OC)c3c2N)cc1. The van der Waals surface area contributed by atoms with Gasteiger partial charge in [-0.3, -0.25) is 4.79 Å². The smallest absolute Gasteiger partial charge is 0.312 e. The average Bonchev–Trinajstić information content (AvgIpc) is 3.66. The molecule has 46 heavy (non-hydrogen) atoms. The molecule has 2 N–H and O–H groups in total. The van der Waals surface area contributed by atoms with Gasteiger partial charge >= 0.3 is 5.69 Å². The molecule has 0 aliphatic heterocycles. The highest BCUT2D eigenvalue weighted by atomic mass is 32.1. The van der Waals surface area contributed by atoms with E-state index in [2.05, 4.69) is 5.27 Å². The van der Waals surface area contributed by atoms with Gasteiger partial charge in [0.05, 0.1) is 38.0 Å². The van der Waals surface area contributed by atoms with Crippen molar-refractivity contribution in [1.82, 2.24) is 10.3 Å². The van der Waals surface area contributed by atoms with E-state index in [0.717, 1.165) is 37.9 Å². The number of thiophene rings is 1. The summed E-state index contributed by atoms with van der Waals surface area (Å²) in [4.78, 5) is 19.8. The van der Waals surface area contributed by atoms with Gasteiger partial charge in [-0.1, -0.05) is 42.5 Å². The quantitative estimate of drug-likeness (QED) is 0.159. The third kappa shape index (κ3) is 4.74. The van der Waals surface area contributed by atoms with E-state index in [9.17, 15) is 9.90 Å². The Kier molecular flexibility index (Phi) is 7.22. The van der Waals surface area contributed by atoms with E-state index in [1.165, 1.54) is 0 Å². The monoisotopic (exact) mass is 630 g/mol. The number of nitrogen functional groups attached to an aromatic ring is 1. The van der Waals surface area contributed by atoms with Gasteiger partial charge in [-0.25, -0.2) is 4.98 Å². The largest absolute Gasteiger partial charge is 0.539 e. The molecular weight excluding hydrogens is 604 g/mol. The Labute approximate surface area is 266 Å². The Bertz CT molecular complexity index is 2270. The third-order valence-electron chi connectivity index (χ3n) is 7.81. The van der Waals surface area contributed by atoms with E-state index in [1.54, 1.807) is 51.7 Å². The normalized spacial score (nSPS) is 11.2. The summed E-state index contributed by atoms with van der Waals surface area (Å²) in [6.07, 6.45) is 0. The molecule has 0 radical (unpaired) electrons. The lowest BCUT2D eigenvalue weighted by molar-refractivity contribution is -0.672. The van der Waals surface area contributed by atoms with E-state index in [0.29, 0.717) is 44.4 Å². The Morgan fingerprint density at radius 2 is 1.59 bits per heavy atom. The van der Waals surface area contributed by atoms with Crippen molar-refractivity contribution >= 4 is 43.8 Å². The van der Waals surface area contributed by atoms with Crippen LogP contribution in [0.1, 0.15) is 15.4 Å². The fourth-order valence-corrected chi connectivity index (χ4v) is 6.62. The molecule has 3 aromatic heterocycles. The Hall–Kier alpha value is -5.94. The predicted octanol–water partition coefficient (Wildman–Crippen LogP) is 5.96. The molecule has 0 aliphatic rings. The number of nitrogens with two attached hydrogens (primary N) is 1. The first kappa shape index (κ1) is 28.8. The van der Waals surface area contributed by atoms with Gasteiger partial charge in [0.25, 0.3) is 5.78 Å². The van der Waals surface area contributed by atoms with Crippen molar-refractivity contribution in [3.8, 4) is 51.3 Å². The molecule has 0 bridgehead atoms. The maximum Gasteiger partial charge on any atom is 0.312 e. The van der Waals surface area contributed by atoms with Crippen molar-refractivity contribution in [2.45, 2.75) is 0 Å². The van der Waals surface area contributed by atoms with Gasteiger partial charge in [0.1, 0.15) is 27.0 Å². The van der Waals surface area contributed by atoms with Crippen LogP contribution in [0.25, 0.3) is 49.1 Å². The summed E-state index contributed by atoms with van der Waals surface area (Å²) in [7, 11) is 4.70. The molecule has 0 saturated carbocycles. The van der Waals surface area contributed by atoms with Crippen LogP contribution < -0.4 is 29.7 Å². The van der Waals surface area contributed by atoms with E-state index < -0.39 is 11.7 Å². The lowest BCUT2D eigenvalue weighted by Gasteiger charge is -2.14.